The highest BCUT2D eigenvalue weighted by Gasteiger charge is 2.55. The van der Waals surface area contributed by atoms with Gasteiger partial charge in [-0.1, -0.05) is 29.8 Å². The smallest absolute Gasteiger partial charge is 0.243 e. The monoisotopic (exact) mass is 435 g/mol. The molecule has 160 valence electrons. The number of fused-ring (bicyclic) bond motifs is 1. The molecule has 6 nitrogen and oxygen atoms in total. The molecular formula is C24H26ClN5O. The van der Waals surface area contributed by atoms with Crippen LogP contribution in [0.2, 0.25) is 5.02 Å². The van der Waals surface area contributed by atoms with E-state index in [2.05, 4.69) is 50.8 Å². The Morgan fingerprint density at radius 2 is 1.90 bits per heavy atom. The molecule has 0 unspecified atom stereocenters. The number of amides is 1. The minimum Gasteiger partial charge on any atom is -0.369 e. The van der Waals surface area contributed by atoms with Crippen LogP contribution < -0.4 is 20.4 Å². The maximum Gasteiger partial charge on any atom is 0.243 e. The SMILES string of the molecule is N#CCNC(=O)[C@@H]1[C@@H]2C[C@@H]2CN1c1cc(-c2ccc(N3CCNCC3)cc2)ccc1Cl. The second-order valence-electron chi connectivity index (χ2n) is 8.58. The molecule has 7 heteroatoms. The van der Waals surface area contributed by atoms with Gasteiger partial charge in [0.2, 0.25) is 5.91 Å². The van der Waals surface area contributed by atoms with Crippen molar-refractivity contribution in [1.82, 2.24) is 10.6 Å². The molecule has 2 heterocycles. The van der Waals surface area contributed by atoms with Crippen LogP contribution >= 0.6 is 11.6 Å². The third kappa shape index (κ3) is 3.96. The van der Waals surface area contributed by atoms with Gasteiger partial charge in [0.1, 0.15) is 12.6 Å². The number of nitrogens with zero attached hydrogens (tertiary/aromatic N) is 3. The summed E-state index contributed by atoms with van der Waals surface area (Å²) in [4.78, 5) is 17.3. The van der Waals surface area contributed by atoms with Gasteiger partial charge in [0.05, 0.1) is 16.8 Å². The third-order valence-corrected chi connectivity index (χ3v) is 7.02. The van der Waals surface area contributed by atoms with E-state index < -0.39 is 0 Å². The molecule has 1 aliphatic carbocycles. The topological polar surface area (TPSA) is 71.4 Å². The summed E-state index contributed by atoms with van der Waals surface area (Å²) < 4.78 is 0. The van der Waals surface area contributed by atoms with Gasteiger partial charge in [0, 0.05) is 38.4 Å². The molecule has 2 aromatic rings. The quantitative estimate of drug-likeness (QED) is 0.706. The molecule has 0 radical (unpaired) electrons. The van der Waals surface area contributed by atoms with Gasteiger partial charge in [-0.05, 0) is 53.6 Å². The van der Waals surface area contributed by atoms with Gasteiger partial charge >= 0.3 is 0 Å². The first-order chi connectivity index (χ1) is 15.2. The molecule has 2 saturated heterocycles. The molecule has 0 bridgehead atoms. The molecular weight excluding hydrogens is 410 g/mol. The van der Waals surface area contributed by atoms with Crippen molar-refractivity contribution in [3.05, 3.63) is 47.5 Å². The van der Waals surface area contributed by atoms with Crippen molar-refractivity contribution in [2.75, 3.05) is 49.1 Å². The van der Waals surface area contributed by atoms with E-state index in [0.29, 0.717) is 16.9 Å². The summed E-state index contributed by atoms with van der Waals surface area (Å²) in [7, 11) is 0. The van der Waals surface area contributed by atoms with Crippen molar-refractivity contribution in [3.63, 3.8) is 0 Å². The molecule has 1 amide bonds. The number of halogens is 1. The van der Waals surface area contributed by atoms with Crippen molar-refractivity contribution >= 4 is 28.9 Å². The van der Waals surface area contributed by atoms with Crippen LogP contribution in [0.4, 0.5) is 11.4 Å². The zero-order valence-electron chi connectivity index (χ0n) is 17.4. The Kier molecular flexibility index (Phi) is 5.47. The number of nitrogens with one attached hydrogen (secondary N) is 2. The highest BCUT2D eigenvalue weighted by molar-refractivity contribution is 6.33. The van der Waals surface area contributed by atoms with Crippen LogP contribution in [0.5, 0.6) is 0 Å². The Morgan fingerprint density at radius 1 is 1.16 bits per heavy atom. The first-order valence-electron chi connectivity index (χ1n) is 10.9. The van der Waals surface area contributed by atoms with E-state index in [0.717, 1.165) is 56.0 Å². The normalized spacial score (nSPS) is 24.5. The van der Waals surface area contributed by atoms with Crippen molar-refractivity contribution in [2.45, 2.75) is 12.5 Å². The number of anilines is 2. The van der Waals surface area contributed by atoms with Gasteiger partial charge in [-0.15, -0.1) is 0 Å². The lowest BCUT2D eigenvalue weighted by Gasteiger charge is -2.30. The Labute approximate surface area is 187 Å². The van der Waals surface area contributed by atoms with E-state index >= 15 is 0 Å². The highest BCUT2D eigenvalue weighted by Crippen LogP contribution is 2.52. The lowest BCUT2D eigenvalue weighted by atomic mass is 10.0. The second-order valence-corrected chi connectivity index (χ2v) is 8.99. The van der Waals surface area contributed by atoms with Crippen LogP contribution in [-0.2, 0) is 4.79 Å². The van der Waals surface area contributed by atoms with Gasteiger partial charge in [-0.25, -0.2) is 0 Å². The van der Waals surface area contributed by atoms with Crippen molar-refractivity contribution in [1.29, 1.82) is 5.26 Å². The molecule has 1 saturated carbocycles. The van der Waals surface area contributed by atoms with Gasteiger partial charge in [0.25, 0.3) is 0 Å². The fourth-order valence-corrected chi connectivity index (χ4v) is 5.21. The number of hydrogen-bond donors (Lipinski definition) is 2. The number of hydrogen-bond acceptors (Lipinski definition) is 5. The van der Waals surface area contributed by atoms with E-state index in [4.69, 9.17) is 16.9 Å². The van der Waals surface area contributed by atoms with Gasteiger partial charge in [0.15, 0.2) is 0 Å². The van der Waals surface area contributed by atoms with Crippen molar-refractivity contribution in [3.8, 4) is 17.2 Å². The summed E-state index contributed by atoms with van der Waals surface area (Å²) in [5, 5.41) is 15.6. The summed E-state index contributed by atoms with van der Waals surface area (Å²) in [5.74, 6) is 0.820. The minimum atomic E-state index is -0.249. The Balaban J connectivity index is 1.39. The summed E-state index contributed by atoms with van der Waals surface area (Å²) in [6, 6.07) is 16.5. The van der Waals surface area contributed by atoms with Gasteiger partial charge in [-0.2, -0.15) is 5.26 Å². The van der Waals surface area contributed by atoms with Crippen molar-refractivity contribution < 1.29 is 4.79 Å². The predicted octanol–water partition coefficient (Wildman–Crippen LogP) is 2.88. The summed E-state index contributed by atoms with van der Waals surface area (Å²) in [5.41, 5.74) is 4.36. The van der Waals surface area contributed by atoms with Crippen LogP contribution in [0.3, 0.4) is 0 Å². The largest absolute Gasteiger partial charge is 0.369 e. The first-order valence-corrected chi connectivity index (χ1v) is 11.3. The number of carbonyl (C=O) groups is 1. The minimum absolute atomic E-state index is 0.0355. The lowest BCUT2D eigenvalue weighted by molar-refractivity contribution is -0.122. The second kappa shape index (κ2) is 8.41. The summed E-state index contributed by atoms with van der Waals surface area (Å²) in [6.07, 6.45) is 1.08. The number of piperidine rings is 1. The number of benzene rings is 2. The Morgan fingerprint density at radius 3 is 2.65 bits per heavy atom. The molecule has 2 aliphatic heterocycles. The number of rotatable bonds is 5. The zero-order valence-corrected chi connectivity index (χ0v) is 18.1. The van der Waals surface area contributed by atoms with E-state index in [1.54, 1.807) is 0 Å². The molecule has 3 atom stereocenters. The molecule has 5 rings (SSSR count). The highest BCUT2D eigenvalue weighted by atomic mass is 35.5. The Bertz CT molecular complexity index is 1010. The van der Waals surface area contributed by atoms with Gasteiger partial charge < -0.3 is 20.4 Å². The van der Waals surface area contributed by atoms with E-state index in [-0.39, 0.29) is 18.5 Å². The molecule has 31 heavy (non-hydrogen) atoms. The average molecular weight is 436 g/mol. The molecule has 0 spiro atoms. The fraction of sp³-hybridized carbons (Fsp3) is 0.417. The average Bonchev–Trinajstić information content (AvgIpc) is 3.48. The number of carbonyl (C=O) groups excluding carboxylic acids is 1. The predicted molar refractivity (Wildman–Crippen MR) is 123 cm³/mol. The maximum absolute atomic E-state index is 12.7. The zero-order chi connectivity index (χ0) is 21.4. The van der Waals surface area contributed by atoms with Crippen LogP contribution in [0, 0.1) is 23.2 Å². The molecule has 3 fully saturated rings. The van der Waals surface area contributed by atoms with E-state index in [9.17, 15) is 4.79 Å². The van der Waals surface area contributed by atoms with E-state index in [1.807, 2.05) is 18.2 Å². The lowest BCUT2D eigenvalue weighted by Crippen LogP contribution is -2.46. The third-order valence-electron chi connectivity index (χ3n) is 6.70. The first kappa shape index (κ1) is 20.2. The van der Waals surface area contributed by atoms with Crippen LogP contribution in [0.15, 0.2) is 42.5 Å². The number of piperazine rings is 1. The van der Waals surface area contributed by atoms with Crippen LogP contribution in [-0.4, -0.2) is 51.2 Å². The number of nitriles is 1. The van der Waals surface area contributed by atoms with Crippen LogP contribution in [0.1, 0.15) is 6.42 Å². The van der Waals surface area contributed by atoms with Crippen LogP contribution in [0.25, 0.3) is 11.1 Å². The molecule has 0 aromatic heterocycles. The van der Waals surface area contributed by atoms with Crippen molar-refractivity contribution in [2.24, 2.45) is 11.8 Å². The summed E-state index contributed by atoms with van der Waals surface area (Å²) in [6.45, 7) is 4.95. The molecule has 2 aromatic carbocycles. The molecule has 3 aliphatic rings. The maximum atomic E-state index is 12.7. The fourth-order valence-electron chi connectivity index (χ4n) is 4.98. The van der Waals surface area contributed by atoms with E-state index in [1.165, 1.54) is 5.69 Å². The Hall–Kier alpha value is -2.75. The molecule has 2 N–H and O–H groups in total. The summed E-state index contributed by atoms with van der Waals surface area (Å²) >= 11 is 6.59. The standard InChI is InChI=1S/C24H26ClN5O/c25-21-6-3-17(16-1-4-19(5-2-16)29-11-9-27-10-12-29)14-22(21)30-15-18-13-20(18)23(30)24(31)28-8-7-26/h1-6,14,18,20,23,27H,8-13,15H2,(H,28,31)/t18-,20-,23+/m1/s1. The van der Waals surface area contributed by atoms with Gasteiger partial charge in [-0.3, -0.25) is 4.79 Å².